The first-order valence-electron chi connectivity index (χ1n) is 11.2. The Bertz CT molecular complexity index is 1550. The molecule has 0 unspecified atom stereocenters. The van der Waals surface area contributed by atoms with Gasteiger partial charge in [0.25, 0.3) is 5.91 Å². The zero-order valence-corrected chi connectivity index (χ0v) is 20.2. The Labute approximate surface area is 207 Å². The van der Waals surface area contributed by atoms with E-state index in [1.807, 2.05) is 48.5 Å². The molecule has 0 aliphatic carbocycles. The molecule has 0 bridgehead atoms. The molecule has 3 heterocycles. The molecule has 1 amide bonds. The minimum Gasteiger partial charge on any atom is -0.487 e. The van der Waals surface area contributed by atoms with E-state index < -0.39 is 10.0 Å². The Morgan fingerprint density at radius 3 is 2.54 bits per heavy atom. The molecule has 0 radical (unpaired) electrons. The lowest BCUT2D eigenvalue weighted by Gasteiger charge is -2.28. The molecule has 176 valence electrons. The monoisotopic (exact) mass is 503 g/mol. The maximum absolute atomic E-state index is 13.2. The summed E-state index contributed by atoms with van der Waals surface area (Å²) in [5.41, 5.74) is 4.29. The van der Waals surface area contributed by atoms with Crippen molar-refractivity contribution in [2.45, 2.75) is 24.5 Å². The lowest BCUT2D eigenvalue weighted by molar-refractivity contribution is 0.102. The summed E-state index contributed by atoms with van der Waals surface area (Å²) in [6.07, 6.45) is 0.684. The van der Waals surface area contributed by atoms with Crippen molar-refractivity contribution >= 4 is 32.4 Å². The van der Waals surface area contributed by atoms with Crippen LogP contribution in [0.3, 0.4) is 0 Å². The number of para-hydroxylation sites is 1. The molecular formula is C26H21N3O4S2. The molecular weight excluding hydrogens is 482 g/mol. The van der Waals surface area contributed by atoms with Gasteiger partial charge in [-0.1, -0.05) is 47.7 Å². The lowest BCUT2D eigenvalue weighted by atomic mass is 10.0. The van der Waals surface area contributed by atoms with Crippen LogP contribution < -0.4 is 10.1 Å². The first-order valence-corrected chi connectivity index (χ1v) is 13.4. The number of benzene rings is 3. The first-order chi connectivity index (χ1) is 17.0. The molecule has 1 aromatic heterocycles. The Hall–Kier alpha value is -3.53. The number of ether oxygens (including phenoxy) is 1. The molecule has 0 fully saturated rings. The Balaban J connectivity index is 1.18. The lowest BCUT2D eigenvalue weighted by Crippen LogP contribution is -2.35. The molecule has 35 heavy (non-hydrogen) atoms. The van der Waals surface area contributed by atoms with Crippen molar-refractivity contribution in [3.8, 4) is 17.0 Å². The number of rotatable bonds is 4. The van der Waals surface area contributed by atoms with E-state index in [-0.39, 0.29) is 10.8 Å². The molecule has 1 N–H and O–H groups in total. The van der Waals surface area contributed by atoms with Crippen molar-refractivity contribution in [2.24, 2.45) is 0 Å². The number of sulfonamides is 1. The van der Waals surface area contributed by atoms with E-state index in [9.17, 15) is 13.2 Å². The highest BCUT2D eigenvalue weighted by Crippen LogP contribution is 2.40. The fraction of sp³-hybridized carbons (Fsp3) is 0.154. The van der Waals surface area contributed by atoms with Crippen LogP contribution in [0.5, 0.6) is 5.75 Å². The van der Waals surface area contributed by atoms with Gasteiger partial charge in [0.15, 0.2) is 5.13 Å². The molecule has 0 saturated heterocycles. The second-order valence-corrected chi connectivity index (χ2v) is 11.4. The molecule has 0 spiro atoms. The minimum atomic E-state index is -3.66. The highest BCUT2D eigenvalue weighted by atomic mass is 32.2. The number of thiazole rings is 1. The summed E-state index contributed by atoms with van der Waals surface area (Å²) in [4.78, 5) is 18.6. The van der Waals surface area contributed by atoms with Crippen LogP contribution >= 0.6 is 11.3 Å². The summed E-state index contributed by atoms with van der Waals surface area (Å²) < 4.78 is 33.6. The average molecular weight is 504 g/mol. The zero-order chi connectivity index (χ0) is 24.0. The summed E-state index contributed by atoms with van der Waals surface area (Å²) in [7, 11) is -3.66. The van der Waals surface area contributed by atoms with E-state index in [4.69, 9.17) is 4.74 Å². The molecule has 3 aromatic carbocycles. The number of fused-ring (bicyclic) bond motifs is 4. The summed E-state index contributed by atoms with van der Waals surface area (Å²) in [6.45, 7) is 1.19. The van der Waals surface area contributed by atoms with Gasteiger partial charge in [-0.05, 0) is 53.9 Å². The van der Waals surface area contributed by atoms with Crippen LogP contribution in [0.25, 0.3) is 11.3 Å². The van der Waals surface area contributed by atoms with Crippen LogP contribution in [-0.2, 0) is 29.6 Å². The minimum absolute atomic E-state index is 0.173. The van der Waals surface area contributed by atoms with Crippen molar-refractivity contribution in [1.82, 2.24) is 9.29 Å². The number of nitrogens with one attached hydrogen (secondary N) is 1. The number of hydrogen-bond donors (Lipinski definition) is 1. The Kier molecular flexibility index (Phi) is 5.40. The van der Waals surface area contributed by atoms with E-state index in [2.05, 4.69) is 10.3 Å². The van der Waals surface area contributed by atoms with E-state index in [1.165, 1.54) is 45.5 Å². The third kappa shape index (κ3) is 4.01. The Morgan fingerprint density at radius 2 is 1.71 bits per heavy atom. The predicted octanol–water partition coefficient (Wildman–Crippen LogP) is 4.70. The van der Waals surface area contributed by atoms with Crippen LogP contribution in [0.15, 0.2) is 77.7 Å². The molecule has 2 aliphatic rings. The van der Waals surface area contributed by atoms with Gasteiger partial charge in [0, 0.05) is 24.2 Å². The van der Waals surface area contributed by atoms with E-state index in [1.54, 1.807) is 0 Å². The van der Waals surface area contributed by atoms with E-state index in [0.717, 1.165) is 27.4 Å². The van der Waals surface area contributed by atoms with Gasteiger partial charge in [0.2, 0.25) is 10.0 Å². The summed E-state index contributed by atoms with van der Waals surface area (Å²) in [5, 5.41) is 3.31. The van der Waals surface area contributed by atoms with Gasteiger partial charge in [-0.2, -0.15) is 4.31 Å². The van der Waals surface area contributed by atoms with Crippen LogP contribution in [-0.4, -0.2) is 30.2 Å². The zero-order valence-electron chi connectivity index (χ0n) is 18.6. The molecule has 4 aromatic rings. The maximum Gasteiger partial charge on any atom is 0.257 e. The number of nitrogens with zero attached hydrogens (tertiary/aromatic N) is 2. The van der Waals surface area contributed by atoms with Crippen LogP contribution in [0.4, 0.5) is 5.13 Å². The number of hydrogen-bond acceptors (Lipinski definition) is 6. The SMILES string of the molecule is O=C(Nc1nc2c(s1)COc1ccccc1-2)c1ccc(S(=O)(=O)N2CCc3ccccc3C2)cc1. The molecule has 7 nitrogen and oxygen atoms in total. The average Bonchev–Trinajstić information content (AvgIpc) is 3.31. The van der Waals surface area contributed by atoms with Crippen LogP contribution in [0.2, 0.25) is 0 Å². The largest absolute Gasteiger partial charge is 0.487 e. The van der Waals surface area contributed by atoms with E-state index >= 15 is 0 Å². The van der Waals surface area contributed by atoms with Crippen molar-refractivity contribution in [3.63, 3.8) is 0 Å². The van der Waals surface area contributed by atoms with Crippen molar-refractivity contribution in [2.75, 3.05) is 11.9 Å². The van der Waals surface area contributed by atoms with Gasteiger partial charge in [0.05, 0.1) is 15.5 Å². The fourth-order valence-electron chi connectivity index (χ4n) is 4.42. The predicted molar refractivity (Wildman–Crippen MR) is 134 cm³/mol. The van der Waals surface area contributed by atoms with Gasteiger partial charge in [0.1, 0.15) is 12.4 Å². The molecule has 0 atom stereocenters. The number of anilines is 1. The van der Waals surface area contributed by atoms with Gasteiger partial charge in [-0.15, -0.1) is 0 Å². The standard InChI is InChI=1S/C26H21N3O4S2/c30-25(28-26-27-24-21-7-3-4-8-22(21)33-16-23(24)34-26)18-9-11-20(12-10-18)35(31,32)29-14-13-17-5-1-2-6-19(17)15-29/h1-12H,13-16H2,(H,27,28,30). The van der Waals surface area contributed by atoms with Crippen molar-refractivity contribution < 1.29 is 17.9 Å². The molecule has 6 rings (SSSR count). The fourth-order valence-corrected chi connectivity index (χ4v) is 6.72. The normalized spacial score (nSPS) is 14.9. The molecule has 9 heteroatoms. The summed E-state index contributed by atoms with van der Waals surface area (Å²) >= 11 is 1.37. The number of amides is 1. The van der Waals surface area contributed by atoms with Crippen molar-refractivity contribution in [1.29, 1.82) is 0 Å². The quantitative estimate of drug-likeness (QED) is 0.436. The topological polar surface area (TPSA) is 88.6 Å². The highest BCUT2D eigenvalue weighted by Gasteiger charge is 2.28. The highest BCUT2D eigenvalue weighted by molar-refractivity contribution is 7.89. The molecule has 2 aliphatic heterocycles. The van der Waals surface area contributed by atoms with Gasteiger partial charge in [-0.25, -0.2) is 13.4 Å². The second-order valence-electron chi connectivity index (χ2n) is 8.41. The van der Waals surface area contributed by atoms with Crippen LogP contribution in [0, 0.1) is 0 Å². The third-order valence-corrected chi connectivity index (χ3v) is 9.07. The maximum atomic E-state index is 13.2. The number of aromatic nitrogens is 1. The van der Waals surface area contributed by atoms with Crippen LogP contribution in [0.1, 0.15) is 26.4 Å². The third-order valence-electron chi connectivity index (χ3n) is 6.27. The number of carbonyl (C=O) groups is 1. The second kappa shape index (κ2) is 8.60. The van der Waals surface area contributed by atoms with Gasteiger partial charge < -0.3 is 4.74 Å². The number of carbonyl (C=O) groups excluding carboxylic acids is 1. The first kappa shape index (κ1) is 22.0. The molecule has 0 saturated carbocycles. The van der Waals surface area contributed by atoms with E-state index in [0.29, 0.717) is 36.8 Å². The van der Waals surface area contributed by atoms with Crippen molar-refractivity contribution in [3.05, 3.63) is 94.4 Å². The Morgan fingerprint density at radius 1 is 0.971 bits per heavy atom. The van der Waals surface area contributed by atoms with Gasteiger partial charge >= 0.3 is 0 Å². The summed E-state index contributed by atoms with van der Waals surface area (Å²) in [6, 6.07) is 21.6. The van der Waals surface area contributed by atoms with Gasteiger partial charge in [-0.3, -0.25) is 10.1 Å². The smallest absolute Gasteiger partial charge is 0.257 e. The summed E-state index contributed by atoms with van der Waals surface area (Å²) in [5.74, 6) is 0.429.